The number of sulfonamides is 1. The van der Waals surface area contributed by atoms with Gasteiger partial charge in [-0.15, -0.1) is 0 Å². The van der Waals surface area contributed by atoms with E-state index in [-0.39, 0.29) is 30.8 Å². The number of hydrogen-bond donors (Lipinski definition) is 2. The van der Waals surface area contributed by atoms with Gasteiger partial charge in [0.25, 0.3) is 5.91 Å². The standard InChI is InChI=1S/C23H26ClN3O5S/c1-3-25-23(30)21(28)18(12-15-8-6-5-7-9-15)26-22(29)19-14-16-13-17(24)10-11-20(16)33(31,32)27(19)4-2/h5-11,13,18-19H,3-4,12,14H2,1-2H3,(H,25,30)(H,26,29)/t18-,19?/m0/s1. The van der Waals surface area contributed by atoms with E-state index in [1.807, 2.05) is 6.07 Å². The zero-order valence-electron chi connectivity index (χ0n) is 18.4. The van der Waals surface area contributed by atoms with Crippen LogP contribution in [0.1, 0.15) is 25.0 Å². The Kier molecular flexibility index (Phi) is 7.88. The third kappa shape index (κ3) is 5.43. The number of benzene rings is 2. The van der Waals surface area contributed by atoms with E-state index in [1.165, 1.54) is 18.2 Å². The smallest absolute Gasteiger partial charge is 0.289 e. The highest BCUT2D eigenvalue weighted by Crippen LogP contribution is 2.32. The summed E-state index contributed by atoms with van der Waals surface area (Å²) in [6.07, 6.45) is 0.193. The fourth-order valence-corrected chi connectivity index (χ4v) is 5.92. The summed E-state index contributed by atoms with van der Waals surface area (Å²) in [6, 6.07) is 11.2. The minimum Gasteiger partial charge on any atom is -0.350 e. The molecule has 1 aliphatic rings. The van der Waals surface area contributed by atoms with Crippen LogP contribution in [0.25, 0.3) is 0 Å². The minimum atomic E-state index is -3.93. The predicted molar refractivity (Wildman–Crippen MR) is 124 cm³/mol. The number of amides is 2. The van der Waals surface area contributed by atoms with Crippen molar-refractivity contribution in [3.63, 3.8) is 0 Å². The van der Waals surface area contributed by atoms with Crippen molar-refractivity contribution in [3.05, 3.63) is 64.7 Å². The maximum Gasteiger partial charge on any atom is 0.289 e. The molecule has 1 heterocycles. The Labute approximate surface area is 198 Å². The monoisotopic (exact) mass is 491 g/mol. The molecule has 176 valence electrons. The Morgan fingerprint density at radius 1 is 1.12 bits per heavy atom. The number of fused-ring (bicyclic) bond motifs is 1. The fraction of sp³-hybridized carbons (Fsp3) is 0.348. The van der Waals surface area contributed by atoms with Crippen LogP contribution in [0.2, 0.25) is 5.02 Å². The molecular weight excluding hydrogens is 466 g/mol. The highest BCUT2D eigenvalue weighted by molar-refractivity contribution is 7.89. The molecule has 0 saturated carbocycles. The fourth-order valence-electron chi connectivity index (χ4n) is 3.91. The highest BCUT2D eigenvalue weighted by Gasteiger charge is 2.42. The number of hydrogen-bond acceptors (Lipinski definition) is 5. The van der Waals surface area contributed by atoms with Crippen LogP contribution >= 0.6 is 11.6 Å². The number of nitrogens with one attached hydrogen (secondary N) is 2. The number of nitrogens with zero attached hydrogens (tertiary/aromatic N) is 1. The molecule has 0 spiro atoms. The molecule has 2 atom stereocenters. The van der Waals surface area contributed by atoms with Crippen LogP contribution in [0.5, 0.6) is 0 Å². The van der Waals surface area contributed by atoms with Crippen molar-refractivity contribution < 1.29 is 22.8 Å². The summed E-state index contributed by atoms with van der Waals surface area (Å²) in [6.45, 7) is 3.65. The summed E-state index contributed by atoms with van der Waals surface area (Å²) in [5.74, 6) is -2.25. The lowest BCUT2D eigenvalue weighted by Gasteiger charge is -2.35. The van der Waals surface area contributed by atoms with Crippen LogP contribution in [0.3, 0.4) is 0 Å². The van der Waals surface area contributed by atoms with Gasteiger partial charge in [-0.25, -0.2) is 8.42 Å². The molecule has 3 rings (SSSR count). The van der Waals surface area contributed by atoms with E-state index in [2.05, 4.69) is 10.6 Å². The van der Waals surface area contributed by atoms with Crippen molar-refractivity contribution in [2.45, 2.75) is 43.7 Å². The van der Waals surface area contributed by atoms with Gasteiger partial charge in [0.15, 0.2) is 0 Å². The molecule has 1 aliphatic heterocycles. The van der Waals surface area contributed by atoms with Crippen molar-refractivity contribution in [3.8, 4) is 0 Å². The molecule has 8 nitrogen and oxygen atoms in total. The quantitative estimate of drug-likeness (QED) is 0.546. The van der Waals surface area contributed by atoms with Crippen LogP contribution in [-0.4, -0.2) is 55.5 Å². The summed E-state index contributed by atoms with van der Waals surface area (Å²) in [4.78, 5) is 38.4. The molecule has 0 fully saturated rings. The van der Waals surface area contributed by atoms with Gasteiger partial charge in [0.1, 0.15) is 12.1 Å². The van der Waals surface area contributed by atoms with E-state index >= 15 is 0 Å². The first kappa shape index (κ1) is 24.9. The summed E-state index contributed by atoms with van der Waals surface area (Å²) in [5.41, 5.74) is 1.18. The molecule has 10 heteroatoms. The number of carbonyl (C=O) groups is 3. The predicted octanol–water partition coefficient (Wildman–Crippen LogP) is 1.71. The minimum absolute atomic E-state index is 0.0656. The van der Waals surface area contributed by atoms with E-state index in [0.29, 0.717) is 10.6 Å². The van der Waals surface area contributed by atoms with E-state index in [9.17, 15) is 22.8 Å². The Hall–Kier alpha value is -2.75. The van der Waals surface area contributed by atoms with E-state index in [0.717, 1.165) is 9.87 Å². The molecule has 2 amide bonds. The SMILES string of the molecule is CCNC(=O)C(=O)[C@H](Cc1ccccc1)NC(=O)C1Cc2cc(Cl)ccc2S(=O)(=O)N1CC. The van der Waals surface area contributed by atoms with Gasteiger partial charge < -0.3 is 10.6 Å². The molecule has 33 heavy (non-hydrogen) atoms. The average molecular weight is 492 g/mol. The largest absolute Gasteiger partial charge is 0.350 e. The maximum absolute atomic E-state index is 13.3. The first-order valence-corrected chi connectivity index (χ1v) is 12.5. The lowest BCUT2D eigenvalue weighted by atomic mass is 10.00. The van der Waals surface area contributed by atoms with Gasteiger partial charge in [-0.1, -0.05) is 48.9 Å². The van der Waals surface area contributed by atoms with Crippen molar-refractivity contribution in [2.24, 2.45) is 0 Å². The van der Waals surface area contributed by atoms with Crippen LogP contribution in [-0.2, 0) is 37.2 Å². The van der Waals surface area contributed by atoms with Gasteiger partial charge in [0.2, 0.25) is 21.7 Å². The summed E-state index contributed by atoms with van der Waals surface area (Å²) >= 11 is 6.05. The topological polar surface area (TPSA) is 113 Å². The molecule has 2 aromatic carbocycles. The number of ketones is 1. The summed E-state index contributed by atoms with van der Waals surface area (Å²) in [5, 5.41) is 5.45. The first-order chi connectivity index (χ1) is 15.7. The van der Waals surface area contributed by atoms with Gasteiger partial charge in [0, 0.05) is 24.5 Å². The molecule has 0 saturated heterocycles. The number of carbonyl (C=O) groups excluding carboxylic acids is 3. The molecule has 0 radical (unpaired) electrons. The Morgan fingerprint density at radius 2 is 1.82 bits per heavy atom. The Bertz CT molecular complexity index is 1150. The molecule has 2 N–H and O–H groups in total. The average Bonchev–Trinajstić information content (AvgIpc) is 2.78. The molecule has 0 bridgehead atoms. The number of Topliss-reactive ketones (excluding diaryl/α,β-unsaturated/α-hetero) is 1. The second-order valence-corrected chi connectivity index (χ2v) is 9.95. The lowest BCUT2D eigenvalue weighted by molar-refractivity contribution is -0.140. The number of halogens is 1. The molecule has 2 aromatic rings. The maximum atomic E-state index is 13.3. The van der Waals surface area contributed by atoms with Gasteiger partial charge in [-0.3, -0.25) is 14.4 Å². The van der Waals surface area contributed by atoms with Gasteiger partial charge in [-0.05, 0) is 42.7 Å². The van der Waals surface area contributed by atoms with Crippen LogP contribution < -0.4 is 10.6 Å². The van der Waals surface area contributed by atoms with Crippen molar-refractivity contribution >= 4 is 39.2 Å². The van der Waals surface area contributed by atoms with Gasteiger partial charge >= 0.3 is 0 Å². The number of likely N-dealkylation sites (N-methyl/N-ethyl adjacent to an activating group) is 2. The van der Waals surface area contributed by atoms with E-state index < -0.39 is 39.7 Å². The third-order valence-corrected chi connectivity index (χ3v) is 7.78. The van der Waals surface area contributed by atoms with Crippen LogP contribution in [0.4, 0.5) is 0 Å². The summed E-state index contributed by atoms with van der Waals surface area (Å²) in [7, 11) is -3.93. The van der Waals surface area contributed by atoms with E-state index in [4.69, 9.17) is 11.6 Å². The van der Waals surface area contributed by atoms with Crippen LogP contribution in [0.15, 0.2) is 53.4 Å². The first-order valence-electron chi connectivity index (χ1n) is 10.7. The molecule has 1 unspecified atom stereocenters. The zero-order chi connectivity index (χ0) is 24.2. The second kappa shape index (κ2) is 10.5. The second-order valence-electron chi connectivity index (χ2n) is 7.65. The molecular formula is C23H26ClN3O5S. The van der Waals surface area contributed by atoms with Crippen molar-refractivity contribution in [1.29, 1.82) is 0 Å². The van der Waals surface area contributed by atoms with Crippen molar-refractivity contribution in [1.82, 2.24) is 14.9 Å². The highest BCUT2D eigenvalue weighted by atomic mass is 35.5. The summed E-state index contributed by atoms with van der Waals surface area (Å²) < 4.78 is 27.4. The Balaban J connectivity index is 1.91. The van der Waals surface area contributed by atoms with E-state index in [1.54, 1.807) is 38.1 Å². The Morgan fingerprint density at radius 3 is 2.45 bits per heavy atom. The zero-order valence-corrected chi connectivity index (χ0v) is 19.9. The molecule has 0 aromatic heterocycles. The third-order valence-electron chi connectivity index (χ3n) is 5.46. The number of rotatable bonds is 8. The van der Waals surface area contributed by atoms with Gasteiger partial charge in [0.05, 0.1) is 4.90 Å². The lowest BCUT2D eigenvalue weighted by Crippen LogP contribution is -2.57. The van der Waals surface area contributed by atoms with Gasteiger partial charge in [-0.2, -0.15) is 4.31 Å². The van der Waals surface area contributed by atoms with Crippen LogP contribution in [0, 0.1) is 0 Å². The molecule has 0 aliphatic carbocycles. The van der Waals surface area contributed by atoms with Crippen molar-refractivity contribution in [2.75, 3.05) is 13.1 Å². The normalized spacial score (nSPS) is 18.1.